The molecule has 0 radical (unpaired) electrons. The molecule has 0 N–H and O–H groups in total. The van der Waals surface area contributed by atoms with Crippen molar-refractivity contribution < 1.29 is 23.7 Å². The molecule has 1 aliphatic heterocycles. The van der Waals surface area contributed by atoms with E-state index in [0.717, 1.165) is 32.7 Å². The molecule has 136 valence electrons. The summed E-state index contributed by atoms with van der Waals surface area (Å²) in [6.07, 6.45) is -0.272. The second-order valence-electron chi connectivity index (χ2n) is 5.34. The van der Waals surface area contributed by atoms with Gasteiger partial charge in [-0.1, -0.05) is 0 Å². The molecule has 0 aromatic rings. The third-order valence-corrected chi connectivity index (χ3v) is 3.63. The van der Waals surface area contributed by atoms with E-state index in [1.165, 1.54) is 0 Å². The molecule has 1 aliphatic rings. The molecule has 0 atom stereocenters. The van der Waals surface area contributed by atoms with Crippen LogP contribution in [0.3, 0.4) is 0 Å². The molecule has 0 amide bonds. The van der Waals surface area contributed by atoms with Crippen LogP contribution in [-0.4, -0.2) is 94.4 Å². The first-order valence-corrected chi connectivity index (χ1v) is 8.60. The molecule has 1 saturated heterocycles. The van der Waals surface area contributed by atoms with Crippen molar-refractivity contribution in [2.75, 3.05) is 72.3 Å². The molecular formula is C16H32N2O5. The van der Waals surface area contributed by atoms with Crippen molar-refractivity contribution >= 4 is 5.97 Å². The lowest BCUT2D eigenvalue weighted by Gasteiger charge is -2.34. The number of piperazine rings is 1. The second kappa shape index (κ2) is 12.7. The quantitative estimate of drug-likeness (QED) is 0.294. The lowest BCUT2D eigenvalue weighted by Crippen LogP contribution is -2.48. The van der Waals surface area contributed by atoms with E-state index in [-0.39, 0.29) is 12.3 Å². The smallest absolute Gasteiger partial charge is 0.320 e. The van der Waals surface area contributed by atoms with Gasteiger partial charge >= 0.3 is 5.97 Å². The molecule has 0 bridgehead atoms. The first kappa shape index (κ1) is 20.3. The summed E-state index contributed by atoms with van der Waals surface area (Å²) in [5, 5.41) is 0. The Kier molecular flexibility index (Phi) is 11.2. The fraction of sp³-hybridized carbons (Fsp3) is 0.938. The molecule has 0 aromatic carbocycles. The van der Waals surface area contributed by atoms with Gasteiger partial charge in [0.15, 0.2) is 6.29 Å². The van der Waals surface area contributed by atoms with Crippen molar-refractivity contribution in [2.24, 2.45) is 0 Å². The van der Waals surface area contributed by atoms with Crippen molar-refractivity contribution in [1.82, 2.24) is 9.80 Å². The van der Waals surface area contributed by atoms with Gasteiger partial charge in [-0.05, 0) is 20.8 Å². The van der Waals surface area contributed by atoms with E-state index in [9.17, 15) is 4.79 Å². The van der Waals surface area contributed by atoms with Crippen LogP contribution in [-0.2, 0) is 23.7 Å². The summed E-state index contributed by atoms with van der Waals surface area (Å²) in [4.78, 5) is 15.9. The molecule has 0 aromatic heterocycles. The third kappa shape index (κ3) is 9.22. The standard InChI is InChI=1S/C16H32N2O5/c1-4-21-15(19)13-18-9-7-17(8-10-18)11-12-20-14-16(22-5-2)23-6-3/h16H,4-14H2,1-3H3. The van der Waals surface area contributed by atoms with Crippen LogP contribution in [0, 0.1) is 0 Å². The van der Waals surface area contributed by atoms with E-state index in [1.54, 1.807) is 0 Å². The molecule has 1 rings (SSSR count). The summed E-state index contributed by atoms with van der Waals surface area (Å²) in [7, 11) is 0. The fourth-order valence-corrected chi connectivity index (χ4v) is 2.45. The predicted molar refractivity (Wildman–Crippen MR) is 87.4 cm³/mol. The van der Waals surface area contributed by atoms with Crippen molar-refractivity contribution in [3.8, 4) is 0 Å². The van der Waals surface area contributed by atoms with Gasteiger partial charge in [-0.25, -0.2) is 0 Å². The van der Waals surface area contributed by atoms with Gasteiger partial charge in [0.05, 0.1) is 26.4 Å². The van der Waals surface area contributed by atoms with Crippen LogP contribution in [0.1, 0.15) is 20.8 Å². The maximum absolute atomic E-state index is 11.5. The SMILES string of the molecule is CCOC(=O)CN1CCN(CCOCC(OCC)OCC)CC1. The lowest BCUT2D eigenvalue weighted by atomic mass is 10.3. The zero-order chi connectivity index (χ0) is 16.9. The molecule has 7 nitrogen and oxygen atoms in total. The Morgan fingerprint density at radius 2 is 1.57 bits per heavy atom. The minimum atomic E-state index is -0.272. The third-order valence-electron chi connectivity index (χ3n) is 3.63. The van der Waals surface area contributed by atoms with Gasteiger partial charge < -0.3 is 18.9 Å². The minimum absolute atomic E-state index is 0.137. The zero-order valence-corrected chi connectivity index (χ0v) is 14.8. The van der Waals surface area contributed by atoms with Crippen LogP contribution >= 0.6 is 0 Å². The Hall–Kier alpha value is -0.730. The topological polar surface area (TPSA) is 60.5 Å². The highest BCUT2D eigenvalue weighted by molar-refractivity contribution is 5.71. The van der Waals surface area contributed by atoms with Gasteiger partial charge in [0.2, 0.25) is 0 Å². The average molecular weight is 332 g/mol. The fourth-order valence-electron chi connectivity index (χ4n) is 2.45. The summed E-state index contributed by atoms with van der Waals surface area (Å²) in [5.74, 6) is -0.137. The van der Waals surface area contributed by atoms with E-state index >= 15 is 0 Å². The number of esters is 1. The molecule has 0 spiro atoms. The predicted octanol–water partition coefficient (Wildman–Crippen LogP) is 0.583. The first-order chi connectivity index (χ1) is 11.2. The Morgan fingerprint density at radius 3 is 2.13 bits per heavy atom. The highest BCUT2D eigenvalue weighted by Crippen LogP contribution is 2.02. The van der Waals surface area contributed by atoms with Crippen molar-refractivity contribution in [2.45, 2.75) is 27.1 Å². The number of hydrogen-bond donors (Lipinski definition) is 0. The van der Waals surface area contributed by atoms with Crippen LogP contribution < -0.4 is 0 Å². The maximum Gasteiger partial charge on any atom is 0.320 e. The lowest BCUT2D eigenvalue weighted by molar-refractivity contribution is -0.168. The minimum Gasteiger partial charge on any atom is -0.465 e. The molecule has 0 aliphatic carbocycles. The molecule has 23 heavy (non-hydrogen) atoms. The number of carbonyl (C=O) groups excluding carboxylic acids is 1. The molecule has 0 saturated carbocycles. The van der Waals surface area contributed by atoms with E-state index in [4.69, 9.17) is 18.9 Å². The molecular weight excluding hydrogens is 300 g/mol. The van der Waals surface area contributed by atoms with Gasteiger partial charge in [0.1, 0.15) is 0 Å². The van der Waals surface area contributed by atoms with Crippen LogP contribution in [0.15, 0.2) is 0 Å². The molecule has 1 heterocycles. The Balaban J connectivity index is 2.08. The Morgan fingerprint density at radius 1 is 0.957 bits per heavy atom. The average Bonchev–Trinajstić information content (AvgIpc) is 2.53. The number of ether oxygens (including phenoxy) is 4. The summed E-state index contributed by atoms with van der Waals surface area (Å²) in [5.41, 5.74) is 0. The second-order valence-corrected chi connectivity index (χ2v) is 5.34. The Labute approximate surface area is 139 Å². The van der Waals surface area contributed by atoms with E-state index in [2.05, 4.69) is 9.80 Å². The largest absolute Gasteiger partial charge is 0.465 e. The number of nitrogens with zero attached hydrogens (tertiary/aromatic N) is 2. The molecule has 7 heteroatoms. The van der Waals surface area contributed by atoms with Crippen molar-refractivity contribution in [3.05, 3.63) is 0 Å². The zero-order valence-electron chi connectivity index (χ0n) is 14.8. The summed E-state index contributed by atoms with van der Waals surface area (Å²) >= 11 is 0. The van der Waals surface area contributed by atoms with Gasteiger partial charge in [0.25, 0.3) is 0 Å². The highest BCUT2D eigenvalue weighted by Gasteiger charge is 2.19. The van der Waals surface area contributed by atoms with Gasteiger partial charge in [-0.15, -0.1) is 0 Å². The van der Waals surface area contributed by atoms with E-state index < -0.39 is 0 Å². The number of rotatable bonds is 12. The summed E-state index contributed by atoms with van der Waals surface area (Å²) in [6.45, 7) is 13.5. The van der Waals surface area contributed by atoms with E-state index in [1.807, 2.05) is 20.8 Å². The summed E-state index contributed by atoms with van der Waals surface area (Å²) in [6, 6.07) is 0. The first-order valence-electron chi connectivity index (χ1n) is 8.60. The van der Waals surface area contributed by atoms with Crippen molar-refractivity contribution in [3.63, 3.8) is 0 Å². The molecule has 1 fully saturated rings. The summed E-state index contributed by atoms with van der Waals surface area (Å²) < 4.78 is 21.5. The van der Waals surface area contributed by atoms with Gasteiger partial charge in [-0.3, -0.25) is 14.6 Å². The maximum atomic E-state index is 11.5. The Bertz CT molecular complexity index is 303. The number of carbonyl (C=O) groups is 1. The van der Waals surface area contributed by atoms with Crippen LogP contribution in [0.5, 0.6) is 0 Å². The molecule has 0 unspecified atom stereocenters. The van der Waals surface area contributed by atoms with Crippen LogP contribution in [0.2, 0.25) is 0 Å². The van der Waals surface area contributed by atoms with Gasteiger partial charge in [-0.2, -0.15) is 0 Å². The van der Waals surface area contributed by atoms with Crippen molar-refractivity contribution in [1.29, 1.82) is 0 Å². The highest BCUT2D eigenvalue weighted by atomic mass is 16.7. The normalized spacial score (nSPS) is 16.9. The van der Waals surface area contributed by atoms with Crippen LogP contribution in [0.4, 0.5) is 0 Å². The van der Waals surface area contributed by atoms with E-state index in [0.29, 0.717) is 39.6 Å². The van der Waals surface area contributed by atoms with Crippen LogP contribution in [0.25, 0.3) is 0 Å². The monoisotopic (exact) mass is 332 g/mol. The van der Waals surface area contributed by atoms with Gasteiger partial charge in [0, 0.05) is 45.9 Å². The number of hydrogen-bond acceptors (Lipinski definition) is 7.